The molecule has 1 unspecified atom stereocenters. The molecule has 0 aliphatic heterocycles. The lowest BCUT2D eigenvalue weighted by Crippen LogP contribution is -2.13. The molecule has 0 saturated carbocycles. The summed E-state index contributed by atoms with van der Waals surface area (Å²) in [6.45, 7) is 7.11. The highest BCUT2D eigenvalue weighted by Gasteiger charge is 2.23. The number of nitrogens with zero attached hydrogens (tertiary/aromatic N) is 1. The van der Waals surface area contributed by atoms with Gasteiger partial charge >= 0.3 is 0 Å². The zero-order chi connectivity index (χ0) is 13.9. The van der Waals surface area contributed by atoms with Crippen LogP contribution in [0.25, 0.3) is 10.8 Å². The summed E-state index contributed by atoms with van der Waals surface area (Å²) < 4.78 is 24.3. The number of hydrogen-bond acceptors (Lipinski definition) is 3. The van der Waals surface area contributed by atoms with Crippen molar-refractivity contribution in [1.82, 2.24) is 4.98 Å². The molecule has 19 heavy (non-hydrogen) atoms. The van der Waals surface area contributed by atoms with Crippen LogP contribution in [0.5, 0.6) is 0 Å². The van der Waals surface area contributed by atoms with E-state index in [-0.39, 0.29) is 5.75 Å². The van der Waals surface area contributed by atoms with E-state index in [1.807, 2.05) is 12.1 Å². The van der Waals surface area contributed by atoms with E-state index in [2.05, 4.69) is 24.3 Å². The van der Waals surface area contributed by atoms with Gasteiger partial charge < -0.3 is 0 Å². The van der Waals surface area contributed by atoms with Crippen LogP contribution in [0.1, 0.15) is 10.8 Å². The van der Waals surface area contributed by atoms with E-state index in [0.717, 1.165) is 10.8 Å². The molecular formula is C15H14NO2S. The Morgan fingerprint density at radius 1 is 1.32 bits per heavy atom. The minimum absolute atomic E-state index is 0.0669. The van der Waals surface area contributed by atoms with Crippen molar-refractivity contribution in [2.24, 2.45) is 0 Å². The Kier molecular flexibility index (Phi) is 3.81. The maximum Gasteiger partial charge on any atom is 0.164 e. The molecule has 0 amide bonds. The molecule has 1 radical (unpaired) electrons. The minimum Gasteiger partial charge on any atom is -0.254 e. The Morgan fingerprint density at radius 2 is 2.11 bits per heavy atom. The minimum atomic E-state index is -3.31. The van der Waals surface area contributed by atoms with Gasteiger partial charge in [-0.15, -0.1) is 13.2 Å². The van der Waals surface area contributed by atoms with Gasteiger partial charge in [-0.25, -0.2) is 8.42 Å². The first-order valence-electron chi connectivity index (χ1n) is 5.79. The molecule has 0 bridgehead atoms. The summed E-state index contributed by atoms with van der Waals surface area (Å²) in [5.41, 5.74) is 0.692. The summed E-state index contributed by atoms with van der Waals surface area (Å²) in [5, 5.41) is 1.14. The summed E-state index contributed by atoms with van der Waals surface area (Å²) in [6, 6.07) is 7.25. The van der Waals surface area contributed by atoms with Crippen molar-refractivity contribution in [3.63, 3.8) is 0 Å². The maximum absolute atomic E-state index is 12.1. The van der Waals surface area contributed by atoms with E-state index in [1.54, 1.807) is 18.3 Å². The molecule has 0 aliphatic rings. The second kappa shape index (κ2) is 5.36. The van der Waals surface area contributed by atoms with Crippen LogP contribution in [-0.4, -0.2) is 19.2 Å². The first kappa shape index (κ1) is 13.5. The third kappa shape index (κ3) is 2.74. The molecule has 2 rings (SSSR count). The van der Waals surface area contributed by atoms with E-state index in [1.165, 1.54) is 12.2 Å². The van der Waals surface area contributed by atoms with Gasteiger partial charge in [0.1, 0.15) is 5.25 Å². The van der Waals surface area contributed by atoms with Crippen LogP contribution in [0.2, 0.25) is 0 Å². The topological polar surface area (TPSA) is 47.0 Å². The summed E-state index contributed by atoms with van der Waals surface area (Å²) in [7, 11) is -3.31. The second-order valence-electron chi connectivity index (χ2n) is 4.19. The van der Waals surface area contributed by atoms with Crippen LogP contribution >= 0.6 is 0 Å². The summed E-state index contributed by atoms with van der Waals surface area (Å²) >= 11 is 0. The number of fused-ring (bicyclic) bond motifs is 1. The van der Waals surface area contributed by atoms with Crippen molar-refractivity contribution >= 4 is 20.6 Å². The quantitative estimate of drug-likeness (QED) is 0.786. The van der Waals surface area contributed by atoms with E-state index >= 15 is 0 Å². The van der Waals surface area contributed by atoms with E-state index < -0.39 is 15.1 Å². The number of hydrogen-bond donors (Lipinski definition) is 0. The fourth-order valence-corrected chi connectivity index (χ4v) is 3.38. The largest absolute Gasteiger partial charge is 0.254 e. The predicted molar refractivity (Wildman–Crippen MR) is 77.5 cm³/mol. The van der Waals surface area contributed by atoms with Gasteiger partial charge in [-0.05, 0) is 23.1 Å². The lowest BCUT2D eigenvalue weighted by atomic mass is 10.1. The van der Waals surface area contributed by atoms with Crippen molar-refractivity contribution in [3.05, 3.63) is 67.5 Å². The molecule has 0 N–H and O–H groups in total. The van der Waals surface area contributed by atoms with Crippen molar-refractivity contribution in [1.29, 1.82) is 0 Å². The smallest absolute Gasteiger partial charge is 0.164 e. The summed E-state index contributed by atoms with van der Waals surface area (Å²) in [6.07, 6.45) is 7.25. The summed E-state index contributed by atoms with van der Waals surface area (Å²) in [5.74, 6) is -0.0669. The SMILES string of the molecule is C=CCS(=O)(=O)C(C=C)c1ccc2c[c]ncc2c1. The average Bonchev–Trinajstić information content (AvgIpc) is 2.39. The zero-order valence-corrected chi connectivity index (χ0v) is 11.2. The number of sulfone groups is 1. The molecular weight excluding hydrogens is 258 g/mol. The standard InChI is InChI=1S/C15H14NO2S/c1-3-9-19(17,18)15(4-2)13-6-5-12-7-8-16-11-14(12)10-13/h3-7,10-11,15H,1-2,9H2. The fourth-order valence-electron chi connectivity index (χ4n) is 1.99. The third-order valence-corrected chi connectivity index (χ3v) is 4.83. The van der Waals surface area contributed by atoms with Crippen molar-refractivity contribution in [2.75, 3.05) is 5.75 Å². The monoisotopic (exact) mass is 272 g/mol. The molecule has 4 heteroatoms. The number of pyridine rings is 1. The van der Waals surface area contributed by atoms with Gasteiger partial charge in [0.2, 0.25) is 0 Å². The maximum atomic E-state index is 12.1. The molecule has 97 valence electrons. The average molecular weight is 272 g/mol. The van der Waals surface area contributed by atoms with Gasteiger partial charge in [0.25, 0.3) is 0 Å². The Hall–Kier alpha value is -1.94. The number of aromatic nitrogens is 1. The van der Waals surface area contributed by atoms with Gasteiger partial charge in [0.05, 0.1) is 11.9 Å². The first-order valence-corrected chi connectivity index (χ1v) is 7.51. The molecule has 0 spiro atoms. The number of benzene rings is 1. The van der Waals surface area contributed by atoms with E-state index in [0.29, 0.717) is 5.56 Å². The lowest BCUT2D eigenvalue weighted by molar-refractivity contribution is 0.593. The molecule has 1 aromatic heterocycles. The Bertz CT molecular complexity index is 720. The van der Waals surface area contributed by atoms with E-state index in [9.17, 15) is 8.42 Å². The van der Waals surface area contributed by atoms with Crippen LogP contribution in [0.3, 0.4) is 0 Å². The van der Waals surface area contributed by atoms with Gasteiger partial charge in [-0.1, -0.05) is 24.3 Å². The van der Waals surface area contributed by atoms with Crippen LogP contribution < -0.4 is 0 Å². The van der Waals surface area contributed by atoms with Gasteiger partial charge in [0.15, 0.2) is 9.84 Å². The first-order chi connectivity index (χ1) is 9.08. The third-order valence-electron chi connectivity index (χ3n) is 2.89. The fraction of sp³-hybridized carbons (Fsp3) is 0.133. The molecule has 1 atom stereocenters. The molecule has 3 nitrogen and oxygen atoms in total. The van der Waals surface area contributed by atoms with Crippen molar-refractivity contribution in [3.8, 4) is 0 Å². The predicted octanol–water partition coefficient (Wildman–Crippen LogP) is 2.86. The van der Waals surface area contributed by atoms with Crippen LogP contribution in [-0.2, 0) is 9.84 Å². The Labute approximate surface area is 113 Å². The van der Waals surface area contributed by atoms with Crippen LogP contribution in [0.15, 0.2) is 55.8 Å². The Morgan fingerprint density at radius 3 is 2.79 bits per heavy atom. The molecule has 0 fully saturated rings. The molecule has 1 aromatic carbocycles. The zero-order valence-electron chi connectivity index (χ0n) is 10.4. The Balaban J connectivity index is 2.52. The normalized spacial score (nSPS) is 13.1. The van der Waals surface area contributed by atoms with Gasteiger partial charge in [-0.2, -0.15) is 0 Å². The number of rotatable bonds is 5. The van der Waals surface area contributed by atoms with Crippen molar-refractivity contribution in [2.45, 2.75) is 5.25 Å². The van der Waals surface area contributed by atoms with Gasteiger partial charge in [0, 0.05) is 11.6 Å². The second-order valence-corrected chi connectivity index (χ2v) is 6.36. The molecule has 2 aromatic rings. The highest BCUT2D eigenvalue weighted by molar-refractivity contribution is 7.91. The van der Waals surface area contributed by atoms with Crippen molar-refractivity contribution < 1.29 is 8.42 Å². The molecule has 1 heterocycles. The summed E-state index contributed by atoms with van der Waals surface area (Å²) in [4.78, 5) is 3.92. The highest BCUT2D eigenvalue weighted by atomic mass is 32.2. The van der Waals surface area contributed by atoms with Crippen LogP contribution in [0.4, 0.5) is 0 Å². The molecule has 0 saturated heterocycles. The van der Waals surface area contributed by atoms with Gasteiger partial charge in [-0.3, -0.25) is 4.98 Å². The lowest BCUT2D eigenvalue weighted by Gasteiger charge is -2.13. The van der Waals surface area contributed by atoms with Crippen LogP contribution in [0, 0.1) is 6.20 Å². The molecule has 0 aliphatic carbocycles. The van der Waals surface area contributed by atoms with E-state index in [4.69, 9.17) is 0 Å². The highest BCUT2D eigenvalue weighted by Crippen LogP contribution is 2.27.